The number of sulfone groups is 1. The van der Waals surface area contributed by atoms with E-state index in [-0.39, 0.29) is 6.04 Å². The molecule has 2 unspecified atom stereocenters. The fourth-order valence-electron chi connectivity index (χ4n) is 1.63. The molecule has 2 atom stereocenters. The van der Waals surface area contributed by atoms with Crippen molar-refractivity contribution in [1.29, 1.82) is 0 Å². The number of benzene rings is 1. The third kappa shape index (κ3) is 3.30. The Hall–Kier alpha value is -0.390. The van der Waals surface area contributed by atoms with Crippen molar-refractivity contribution in [2.75, 3.05) is 6.54 Å². The summed E-state index contributed by atoms with van der Waals surface area (Å²) in [7, 11) is -3.30. The lowest BCUT2D eigenvalue weighted by Crippen LogP contribution is -2.40. The Morgan fingerprint density at radius 2 is 1.88 bits per heavy atom. The minimum atomic E-state index is -3.30. The van der Waals surface area contributed by atoms with Gasteiger partial charge in [0.25, 0.3) is 0 Å². The van der Waals surface area contributed by atoms with E-state index in [0.29, 0.717) is 9.37 Å². The quantitative estimate of drug-likeness (QED) is 0.907. The third-order valence-corrected chi connectivity index (χ3v) is 6.17. The monoisotopic (exact) mass is 319 g/mol. The van der Waals surface area contributed by atoms with Crippen molar-refractivity contribution in [1.82, 2.24) is 5.32 Å². The molecule has 17 heavy (non-hydrogen) atoms. The van der Waals surface area contributed by atoms with Gasteiger partial charge >= 0.3 is 0 Å². The summed E-state index contributed by atoms with van der Waals surface area (Å²) >= 11 is 3.29. The normalized spacial score (nSPS) is 15.5. The van der Waals surface area contributed by atoms with E-state index in [9.17, 15) is 8.42 Å². The molecule has 0 aliphatic rings. The van der Waals surface area contributed by atoms with E-state index in [1.165, 1.54) is 0 Å². The van der Waals surface area contributed by atoms with Gasteiger partial charge in [-0.15, -0.1) is 0 Å². The van der Waals surface area contributed by atoms with Crippen LogP contribution in [0.1, 0.15) is 20.8 Å². The molecule has 96 valence electrons. The predicted octanol–water partition coefficient (Wildman–Crippen LogP) is 2.61. The Kier molecular flexibility index (Phi) is 5.16. The number of hydrogen-bond acceptors (Lipinski definition) is 3. The van der Waals surface area contributed by atoms with Crippen molar-refractivity contribution in [3.05, 3.63) is 28.7 Å². The van der Waals surface area contributed by atoms with Gasteiger partial charge in [-0.3, -0.25) is 0 Å². The Labute approximate surface area is 112 Å². The summed E-state index contributed by atoms with van der Waals surface area (Å²) < 4.78 is 25.4. The number of halogens is 1. The topological polar surface area (TPSA) is 46.2 Å². The van der Waals surface area contributed by atoms with Crippen LogP contribution in [0, 0.1) is 0 Å². The number of hydrogen-bond donors (Lipinski definition) is 1. The Bertz CT molecular complexity index is 473. The van der Waals surface area contributed by atoms with E-state index in [1.54, 1.807) is 25.1 Å². The molecule has 0 aliphatic heterocycles. The number of rotatable bonds is 5. The van der Waals surface area contributed by atoms with Crippen molar-refractivity contribution in [3.8, 4) is 0 Å². The van der Waals surface area contributed by atoms with Crippen LogP contribution in [0.2, 0.25) is 0 Å². The fourth-order valence-corrected chi connectivity index (χ4v) is 4.24. The maximum Gasteiger partial charge on any atom is 0.183 e. The summed E-state index contributed by atoms with van der Waals surface area (Å²) in [6.45, 7) is 6.36. The Balaban J connectivity index is 3.08. The van der Waals surface area contributed by atoms with Gasteiger partial charge in [-0.25, -0.2) is 8.42 Å². The maximum atomic E-state index is 12.4. The molecule has 0 heterocycles. The van der Waals surface area contributed by atoms with Crippen LogP contribution >= 0.6 is 15.9 Å². The van der Waals surface area contributed by atoms with Gasteiger partial charge in [0.1, 0.15) is 0 Å². The molecular weight excluding hydrogens is 302 g/mol. The fraction of sp³-hybridized carbons (Fsp3) is 0.500. The van der Waals surface area contributed by atoms with E-state index in [0.717, 1.165) is 6.54 Å². The summed E-state index contributed by atoms with van der Waals surface area (Å²) in [6.07, 6.45) is 0. The minimum absolute atomic E-state index is 0.0721. The van der Waals surface area contributed by atoms with E-state index in [1.807, 2.05) is 19.9 Å². The average Bonchev–Trinajstić information content (AvgIpc) is 2.28. The highest BCUT2D eigenvalue weighted by Crippen LogP contribution is 2.26. The molecule has 0 fully saturated rings. The zero-order valence-electron chi connectivity index (χ0n) is 10.3. The molecule has 1 aromatic carbocycles. The smallest absolute Gasteiger partial charge is 0.183 e. The van der Waals surface area contributed by atoms with Crippen LogP contribution in [-0.2, 0) is 9.84 Å². The molecule has 0 saturated carbocycles. The van der Waals surface area contributed by atoms with Crippen LogP contribution in [0.3, 0.4) is 0 Å². The summed E-state index contributed by atoms with van der Waals surface area (Å²) in [5.41, 5.74) is 0. The molecule has 1 N–H and O–H groups in total. The van der Waals surface area contributed by atoms with Crippen molar-refractivity contribution >= 4 is 25.8 Å². The van der Waals surface area contributed by atoms with Crippen LogP contribution in [0.4, 0.5) is 0 Å². The molecular formula is C12H18BrNO2S. The van der Waals surface area contributed by atoms with Crippen LogP contribution in [0.5, 0.6) is 0 Å². The van der Waals surface area contributed by atoms with Crippen LogP contribution < -0.4 is 5.32 Å². The molecule has 0 spiro atoms. The first-order valence-electron chi connectivity index (χ1n) is 5.63. The van der Waals surface area contributed by atoms with Gasteiger partial charge in [-0.05, 0) is 48.5 Å². The SMILES string of the molecule is CCNC(C)C(C)S(=O)(=O)c1ccccc1Br. The molecule has 0 aromatic heterocycles. The first-order chi connectivity index (χ1) is 7.91. The summed E-state index contributed by atoms with van der Waals surface area (Å²) in [6, 6.07) is 6.85. The minimum Gasteiger partial charge on any atom is -0.313 e. The van der Waals surface area contributed by atoms with Crippen LogP contribution in [0.25, 0.3) is 0 Å². The van der Waals surface area contributed by atoms with Gasteiger partial charge in [-0.2, -0.15) is 0 Å². The van der Waals surface area contributed by atoms with Crippen molar-refractivity contribution in [3.63, 3.8) is 0 Å². The Morgan fingerprint density at radius 3 is 2.41 bits per heavy atom. The second kappa shape index (κ2) is 5.98. The van der Waals surface area contributed by atoms with E-state index >= 15 is 0 Å². The molecule has 0 bridgehead atoms. The standard InChI is InChI=1S/C12H18BrNO2S/c1-4-14-9(2)10(3)17(15,16)12-8-6-5-7-11(12)13/h5-10,14H,4H2,1-3H3. The first-order valence-corrected chi connectivity index (χ1v) is 7.97. The van der Waals surface area contributed by atoms with Gasteiger partial charge in [0.2, 0.25) is 0 Å². The lowest BCUT2D eigenvalue weighted by Gasteiger charge is -2.21. The van der Waals surface area contributed by atoms with Crippen LogP contribution in [0.15, 0.2) is 33.6 Å². The van der Waals surface area contributed by atoms with Gasteiger partial charge in [0, 0.05) is 10.5 Å². The molecule has 0 saturated heterocycles. The van der Waals surface area contributed by atoms with E-state index in [4.69, 9.17) is 0 Å². The van der Waals surface area contributed by atoms with Gasteiger partial charge in [-0.1, -0.05) is 19.1 Å². The number of nitrogens with one attached hydrogen (secondary N) is 1. The maximum absolute atomic E-state index is 12.4. The van der Waals surface area contributed by atoms with E-state index in [2.05, 4.69) is 21.2 Å². The zero-order chi connectivity index (χ0) is 13.1. The molecule has 1 aromatic rings. The first kappa shape index (κ1) is 14.7. The zero-order valence-corrected chi connectivity index (χ0v) is 12.7. The van der Waals surface area contributed by atoms with Crippen molar-refractivity contribution in [2.24, 2.45) is 0 Å². The highest BCUT2D eigenvalue weighted by atomic mass is 79.9. The highest BCUT2D eigenvalue weighted by Gasteiger charge is 2.29. The van der Waals surface area contributed by atoms with Gasteiger partial charge in [0.15, 0.2) is 9.84 Å². The molecule has 5 heteroatoms. The van der Waals surface area contributed by atoms with E-state index < -0.39 is 15.1 Å². The Morgan fingerprint density at radius 1 is 1.29 bits per heavy atom. The largest absolute Gasteiger partial charge is 0.313 e. The molecule has 0 aliphatic carbocycles. The van der Waals surface area contributed by atoms with Gasteiger partial charge in [0.05, 0.1) is 10.1 Å². The summed E-state index contributed by atoms with van der Waals surface area (Å²) in [5.74, 6) is 0. The second-order valence-corrected chi connectivity index (χ2v) is 7.15. The van der Waals surface area contributed by atoms with Crippen molar-refractivity contribution < 1.29 is 8.42 Å². The third-order valence-electron chi connectivity index (χ3n) is 2.86. The van der Waals surface area contributed by atoms with Crippen molar-refractivity contribution in [2.45, 2.75) is 37.0 Å². The highest BCUT2D eigenvalue weighted by molar-refractivity contribution is 9.10. The predicted molar refractivity (Wildman–Crippen MR) is 73.9 cm³/mol. The molecule has 3 nitrogen and oxygen atoms in total. The molecule has 1 rings (SSSR count). The van der Waals surface area contributed by atoms with Crippen LogP contribution in [-0.4, -0.2) is 26.3 Å². The average molecular weight is 320 g/mol. The summed E-state index contributed by atoms with van der Waals surface area (Å²) in [5, 5.41) is 2.69. The molecule has 0 amide bonds. The van der Waals surface area contributed by atoms with Gasteiger partial charge < -0.3 is 5.32 Å². The lowest BCUT2D eigenvalue weighted by atomic mass is 10.2. The second-order valence-electron chi connectivity index (χ2n) is 4.03. The molecule has 0 radical (unpaired) electrons. The summed E-state index contributed by atoms with van der Waals surface area (Å²) in [4.78, 5) is 0.359. The lowest BCUT2D eigenvalue weighted by molar-refractivity contribution is 0.520.